The first-order chi connectivity index (χ1) is 10.6. The van der Waals surface area contributed by atoms with Crippen molar-refractivity contribution in [2.75, 3.05) is 19.0 Å². The number of thiophene rings is 1. The van der Waals surface area contributed by atoms with Crippen molar-refractivity contribution in [2.24, 2.45) is 0 Å². The third-order valence-electron chi connectivity index (χ3n) is 3.50. The SMILES string of the molecule is CCCNc1c2c(=O)c(=O)c2cn1-c1ccsc1C(=O)OC. The molecule has 0 aliphatic rings. The Hall–Kier alpha value is -2.41. The van der Waals surface area contributed by atoms with Crippen molar-refractivity contribution in [3.8, 4) is 5.69 Å². The van der Waals surface area contributed by atoms with Crippen LogP contribution in [0.3, 0.4) is 0 Å². The van der Waals surface area contributed by atoms with Crippen LogP contribution < -0.4 is 16.2 Å². The standard InChI is InChI=1S/C15H14N2O4S/c1-3-5-16-14-10-8(11(18)12(10)19)7-17(14)9-4-6-22-13(9)15(20)21-2/h4,6-7,16H,3,5H2,1-2H3. The number of nitrogens with zero attached hydrogens (tertiary/aromatic N) is 1. The van der Waals surface area contributed by atoms with Gasteiger partial charge in [0.25, 0.3) is 0 Å². The molecule has 0 aliphatic heterocycles. The highest BCUT2D eigenvalue weighted by atomic mass is 32.1. The summed E-state index contributed by atoms with van der Waals surface area (Å²) in [5.41, 5.74) is -0.365. The highest BCUT2D eigenvalue weighted by Crippen LogP contribution is 2.30. The molecule has 3 rings (SSSR count). The summed E-state index contributed by atoms with van der Waals surface area (Å²) in [6.45, 7) is 2.67. The molecule has 1 aromatic carbocycles. The predicted octanol–water partition coefficient (Wildman–Crippen LogP) is 1.90. The molecule has 1 N–H and O–H groups in total. The topological polar surface area (TPSA) is 77.4 Å². The van der Waals surface area contributed by atoms with Gasteiger partial charge in [0.1, 0.15) is 10.7 Å². The second kappa shape index (κ2) is 5.42. The Labute approximate surface area is 129 Å². The highest BCUT2D eigenvalue weighted by Gasteiger charge is 2.24. The summed E-state index contributed by atoms with van der Waals surface area (Å²) in [6.07, 6.45) is 2.47. The number of nitrogens with one attached hydrogen (secondary N) is 1. The Kier molecular flexibility index (Phi) is 3.58. The van der Waals surface area contributed by atoms with Crippen LogP contribution >= 0.6 is 11.3 Å². The third-order valence-corrected chi connectivity index (χ3v) is 4.38. The zero-order valence-corrected chi connectivity index (χ0v) is 13.0. The van der Waals surface area contributed by atoms with E-state index in [9.17, 15) is 14.4 Å². The van der Waals surface area contributed by atoms with E-state index in [1.165, 1.54) is 18.4 Å². The van der Waals surface area contributed by atoms with Crippen LogP contribution in [-0.4, -0.2) is 24.2 Å². The summed E-state index contributed by atoms with van der Waals surface area (Å²) in [5.74, 6) is 0.116. The molecule has 0 saturated carbocycles. The van der Waals surface area contributed by atoms with Gasteiger partial charge in [0.15, 0.2) is 0 Å². The van der Waals surface area contributed by atoms with Gasteiger partial charge in [-0.3, -0.25) is 9.59 Å². The number of anilines is 1. The number of fused-ring (bicyclic) bond motifs is 1. The van der Waals surface area contributed by atoms with Crippen LogP contribution in [0.15, 0.2) is 27.2 Å². The molecule has 3 aromatic rings. The van der Waals surface area contributed by atoms with Crippen LogP contribution in [0.2, 0.25) is 0 Å². The third kappa shape index (κ3) is 1.97. The van der Waals surface area contributed by atoms with E-state index < -0.39 is 16.8 Å². The number of ether oxygens (including phenoxy) is 1. The van der Waals surface area contributed by atoms with Crippen LogP contribution in [0.25, 0.3) is 16.5 Å². The summed E-state index contributed by atoms with van der Waals surface area (Å²) >= 11 is 1.25. The number of rotatable bonds is 5. The lowest BCUT2D eigenvalue weighted by molar-refractivity contribution is 0.0606. The van der Waals surface area contributed by atoms with Crippen LogP contribution in [-0.2, 0) is 4.74 Å². The highest BCUT2D eigenvalue weighted by molar-refractivity contribution is 7.12. The predicted molar refractivity (Wildman–Crippen MR) is 86.2 cm³/mol. The largest absolute Gasteiger partial charge is 0.465 e. The minimum atomic E-state index is -0.484. The zero-order chi connectivity index (χ0) is 15.9. The molecule has 6 nitrogen and oxygen atoms in total. The average molecular weight is 318 g/mol. The summed E-state index contributed by atoms with van der Waals surface area (Å²) in [7, 11) is 1.32. The van der Waals surface area contributed by atoms with Gasteiger partial charge in [-0.25, -0.2) is 4.79 Å². The van der Waals surface area contributed by atoms with Crippen LogP contribution in [0.5, 0.6) is 0 Å². The maximum Gasteiger partial charge on any atom is 0.350 e. The molecular weight excluding hydrogens is 304 g/mol. The second-order valence-corrected chi connectivity index (χ2v) is 5.76. The van der Waals surface area contributed by atoms with Crippen molar-refractivity contribution in [3.63, 3.8) is 0 Å². The minimum Gasteiger partial charge on any atom is -0.465 e. The number of hydrogen-bond acceptors (Lipinski definition) is 6. The molecule has 0 unspecified atom stereocenters. The van der Waals surface area contributed by atoms with E-state index >= 15 is 0 Å². The first-order valence-electron chi connectivity index (χ1n) is 6.84. The number of carbonyl (C=O) groups excluding carboxylic acids is 1. The lowest BCUT2D eigenvalue weighted by Gasteiger charge is -2.11. The molecule has 0 aliphatic carbocycles. The summed E-state index contributed by atoms with van der Waals surface area (Å²) in [6, 6.07) is 1.77. The quantitative estimate of drug-likeness (QED) is 0.574. The Morgan fingerprint density at radius 1 is 1.36 bits per heavy atom. The normalized spacial score (nSPS) is 11.2. The number of esters is 1. The fraction of sp³-hybridized carbons (Fsp3) is 0.267. The van der Waals surface area contributed by atoms with E-state index in [4.69, 9.17) is 4.74 Å². The van der Waals surface area contributed by atoms with Crippen LogP contribution in [0.4, 0.5) is 5.82 Å². The van der Waals surface area contributed by atoms with E-state index in [0.717, 1.165) is 6.42 Å². The molecule has 7 heteroatoms. The van der Waals surface area contributed by atoms with E-state index in [0.29, 0.717) is 33.7 Å². The Bertz CT molecular complexity index is 927. The van der Waals surface area contributed by atoms with Crippen molar-refractivity contribution in [3.05, 3.63) is 43.0 Å². The van der Waals surface area contributed by atoms with E-state index in [1.54, 1.807) is 22.2 Å². The Morgan fingerprint density at radius 3 is 2.82 bits per heavy atom. The fourth-order valence-electron chi connectivity index (χ4n) is 2.43. The van der Waals surface area contributed by atoms with Crippen molar-refractivity contribution >= 4 is 33.9 Å². The number of carbonyl (C=O) groups is 1. The van der Waals surface area contributed by atoms with Crippen molar-refractivity contribution in [2.45, 2.75) is 13.3 Å². The molecular formula is C15H14N2O4S. The fourth-order valence-corrected chi connectivity index (χ4v) is 3.23. The van der Waals surface area contributed by atoms with Crippen molar-refractivity contribution in [1.29, 1.82) is 0 Å². The van der Waals surface area contributed by atoms with Gasteiger partial charge in [-0.05, 0) is 17.9 Å². The van der Waals surface area contributed by atoms with Gasteiger partial charge in [-0.15, -0.1) is 11.3 Å². The van der Waals surface area contributed by atoms with Gasteiger partial charge in [-0.2, -0.15) is 0 Å². The monoisotopic (exact) mass is 318 g/mol. The first-order valence-corrected chi connectivity index (χ1v) is 7.72. The van der Waals surface area contributed by atoms with E-state index in [1.807, 2.05) is 6.92 Å². The molecule has 2 heterocycles. The molecule has 114 valence electrons. The van der Waals surface area contributed by atoms with Gasteiger partial charge < -0.3 is 14.6 Å². The van der Waals surface area contributed by atoms with Crippen molar-refractivity contribution in [1.82, 2.24) is 4.57 Å². The number of methoxy groups -OCH3 is 1. The van der Waals surface area contributed by atoms with Gasteiger partial charge in [0, 0.05) is 12.7 Å². The Morgan fingerprint density at radius 2 is 2.14 bits per heavy atom. The maximum absolute atomic E-state index is 11.9. The van der Waals surface area contributed by atoms with E-state index in [2.05, 4.69) is 5.32 Å². The van der Waals surface area contributed by atoms with Gasteiger partial charge in [0.2, 0.25) is 10.9 Å². The molecule has 0 amide bonds. The van der Waals surface area contributed by atoms with Crippen LogP contribution in [0.1, 0.15) is 23.0 Å². The molecule has 0 fully saturated rings. The number of aromatic nitrogens is 1. The lowest BCUT2D eigenvalue weighted by Crippen LogP contribution is -2.29. The minimum absolute atomic E-state index is 0.394. The Balaban J connectivity index is 2.21. The second-order valence-electron chi connectivity index (χ2n) is 4.85. The van der Waals surface area contributed by atoms with Gasteiger partial charge in [-0.1, -0.05) is 6.92 Å². The molecule has 22 heavy (non-hydrogen) atoms. The van der Waals surface area contributed by atoms with Gasteiger partial charge in [0.05, 0.1) is 23.6 Å². The molecule has 0 radical (unpaired) electrons. The van der Waals surface area contributed by atoms with Crippen LogP contribution in [0, 0.1) is 0 Å². The molecule has 0 atom stereocenters. The molecule has 0 bridgehead atoms. The van der Waals surface area contributed by atoms with E-state index in [-0.39, 0.29) is 0 Å². The number of hydrogen-bond donors (Lipinski definition) is 1. The van der Waals surface area contributed by atoms with Gasteiger partial charge >= 0.3 is 5.97 Å². The van der Waals surface area contributed by atoms with Crippen molar-refractivity contribution < 1.29 is 9.53 Å². The molecule has 0 spiro atoms. The molecule has 0 saturated heterocycles. The average Bonchev–Trinajstić information content (AvgIpc) is 3.13. The lowest BCUT2D eigenvalue weighted by atomic mass is 10.1. The summed E-state index contributed by atoms with van der Waals surface area (Å²) in [4.78, 5) is 35.7. The summed E-state index contributed by atoms with van der Waals surface area (Å²) in [5, 5.41) is 5.74. The summed E-state index contributed by atoms with van der Waals surface area (Å²) < 4.78 is 6.46. The molecule has 2 aromatic heterocycles. The maximum atomic E-state index is 11.9. The first kappa shape index (κ1) is 14.5. The smallest absolute Gasteiger partial charge is 0.350 e. The zero-order valence-electron chi connectivity index (χ0n) is 12.1.